The Balaban J connectivity index is 2.09. The minimum Gasteiger partial charge on any atom is -0.313 e. The maximum atomic E-state index is 3.63. The summed E-state index contributed by atoms with van der Waals surface area (Å²) in [6.07, 6.45) is 9.46. The van der Waals surface area contributed by atoms with E-state index in [0.29, 0.717) is 0 Å². The average molecular weight is 201 g/mol. The summed E-state index contributed by atoms with van der Waals surface area (Å²) in [6, 6.07) is 0.743. The van der Waals surface area contributed by atoms with Crippen LogP contribution in [0.4, 0.5) is 0 Å². The Kier molecular flexibility index (Phi) is 5.88. The van der Waals surface area contributed by atoms with Gasteiger partial charge in [0.15, 0.2) is 0 Å². The zero-order valence-electron chi connectivity index (χ0n) is 9.01. The van der Waals surface area contributed by atoms with Gasteiger partial charge in [-0.05, 0) is 31.9 Å². The third-order valence-corrected chi connectivity index (χ3v) is 3.74. The van der Waals surface area contributed by atoms with E-state index in [2.05, 4.69) is 18.5 Å². The first-order valence-corrected chi connectivity index (χ1v) is 6.96. The number of hydrogen-bond acceptors (Lipinski definition) is 2. The normalized spacial score (nSPS) is 21.7. The van der Waals surface area contributed by atoms with Gasteiger partial charge in [0.1, 0.15) is 0 Å². The fraction of sp³-hybridized carbons (Fsp3) is 1.00. The fourth-order valence-electron chi connectivity index (χ4n) is 2.19. The highest BCUT2D eigenvalue weighted by Gasteiger charge is 2.18. The Bertz CT molecular complexity index is 121. The van der Waals surface area contributed by atoms with Gasteiger partial charge in [0, 0.05) is 18.3 Å². The quantitative estimate of drug-likeness (QED) is 0.686. The van der Waals surface area contributed by atoms with Gasteiger partial charge < -0.3 is 5.32 Å². The van der Waals surface area contributed by atoms with Gasteiger partial charge in [0.2, 0.25) is 0 Å². The Labute approximate surface area is 87.1 Å². The van der Waals surface area contributed by atoms with Crippen molar-refractivity contribution in [2.45, 2.75) is 45.1 Å². The molecule has 1 fully saturated rings. The van der Waals surface area contributed by atoms with Crippen molar-refractivity contribution >= 4 is 11.8 Å². The molecule has 1 nitrogen and oxygen atoms in total. The maximum Gasteiger partial charge on any atom is 0.00673 e. The van der Waals surface area contributed by atoms with Crippen molar-refractivity contribution in [3.8, 4) is 0 Å². The van der Waals surface area contributed by atoms with E-state index in [0.717, 1.165) is 12.0 Å². The lowest BCUT2D eigenvalue weighted by Gasteiger charge is -2.28. The Morgan fingerprint density at radius 1 is 1.31 bits per heavy atom. The van der Waals surface area contributed by atoms with Crippen molar-refractivity contribution in [2.24, 2.45) is 5.92 Å². The summed E-state index contributed by atoms with van der Waals surface area (Å²) >= 11 is 1.93. The van der Waals surface area contributed by atoms with Gasteiger partial charge in [-0.3, -0.25) is 0 Å². The predicted octanol–water partition coefficient (Wildman–Crippen LogP) is 2.91. The van der Waals surface area contributed by atoms with Crippen molar-refractivity contribution in [1.29, 1.82) is 0 Å². The predicted molar refractivity (Wildman–Crippen MR) is 62.4 cm³/mol. The minimum absolute atomic E-state index is 0.743. The van der Waals surface area contributed by atoms with Crippen LogP contribution in [0.1, 0.15) is 39.0 Å². The molecule has 0 aliphatic heterocycles. The maximum absolute atomic E-state index is 3.63. The van der Waals surface area contributed by atoms with Crippen LogP contribution in [0, 0.1) is 5.92 Å². The molecule has 0 saturated heterocycles. The van der Waals surface area contributed by atoms with Crippen LogP contribution in [-0.4, -0.2) is 24.6 Å². The molecule has 1 rings (SSSR count). The second-order valence-electron chi connectivity index (χ2n) is 4.13. The van der Waals surface area contributed by atoms with Crippen LogP contribution >= 0.6 is 11.8 Å². The molecule has 1 atom stereocenters. The number of nitrogens with one attached hydrogen (secondary N) is 1. The highest BCUT2D eigenvalue weighted by molar-refractivity contribution is 7.98. The first-order valence-electron chi connectivity index (χ1n) is 5.57. The van der Waals surface area contributed by atoms with Gasteiger partial charge in [-0.25, -0.2) is 0 Å². The van der Waals surface area contributed by atoms with E-state index in [1.54, 1.807) is 0 Å². The van der Waals surface area contributed by atoms with Crippen molar-refractivity contribution in [2.75, 3.05) is 18.6 Å². The van der Waals surface area contributed by atoms with Crippen LogP contribution < -0.4 is 5.32 Å². The number of hydrogen-bond donors (Lipinski definition) is 1. The molecule has 2 heteroatoms. The third kappa shape index (κ3) is 4.37. The van der Waals surface area contributed by atoms with Gasteiger partial charge >= 0.3 is 0 Å². The largest absolute Gasteiger partial charge is 0.313 e. The van der Waals surface area contributed by atoms with Gasteiger partial charge in [-0.1, -0.05) is 19.3 Å². The molecule has 1 aliphatic carbocycles. The van der Waals surface area contributed by atoms with Gasteiger partial charge in [0.25, 0.3) is 0 Å². The summed E-state index contributed by atoms with van der Waals surface area (Å²) in [5.74, 6) is 2.20. The van der Waals surface area contributed by atoms with E-state index in [9.17, 15) is 0 Å². The third-order valence-electron chi connectivity index (χ3n) is 3.13. The van der Waals surface area contributed by atoms with Gasteiger partial charge in [-0.15, -0.1) is 0 Å². The van der Waals surface area contributed by atoms with Crippen molar-refractivity contribution in [3.05, 3.63) is 0 Å². The van der Waals surface area contributed by atoms with E-state index in [-0.39, 0.29) is 0 Å². The Morgan fingerprint density at radius 2 is 2.00 bits per heavy atom. The lowest BCUT2D eigenvalue weighted by molar-refractivity contribution is 0.285. The Hall–Kier alpha value is 0.310. The van der Waals surface area contributed by atoms with E-state index in [1.807, 2.05) is 11.8 Å². The molecule has 13 heavy (non-hydrogen) atoms. The van der Waals surface area contributed by atoms with Crippen molar-refractivity contribution in [1.82, 2.24) is 5.32 Å². The molecule has 0 heterocycles. The standard InChI is InChI=1S/C11H23NS/c1-10(12-8-9-13-2)11-6-4-3-5-7-11/h10-12H,3-9H2,1-2H3/t10-/m0/s1. The first kappa shape index (κ1) is 11.4. The average Bonchev–Trinajstić information content (AvgIpc) is 2.19. The zero-order chi connectivity index (χ0) is 9.52. The van der Waals surface area contributed by atoms with Crippen LogP contribution in [0.2, 0.25) is 0 Å². The van der Waals surface area contributed by atoms with Crippen LogP contribution in [0.5, 0.6) is 0 Å². The minimum atomic E-state index is 0.743. The molecule has 1 saturated carbocycles. The molecule has 0 aromatic rings. The second kappa shape index (κ2) is 6.72. The molecule has 0 spiro atoms. The lowest BCUT2D eigenvalue weighted by Crippen LogP contribution is -2.35. The summed E-state index contributed by atoms with van der Waals surface area (Å²) in [6.45, 7) is 3.54. The summed E-state index contributed by atoms with van der Waals surface area (Å²) < 4.78 is 0. The molecule has 0 amide bonds. The van der Waals surface area contributed by atoms with Crippen LogP contribution in [0.15, 0.2) is 0 Å². The fourth-order valence-corrected chi connectivity index (χ4v) is 2.51. The molecule has 0 radical (unpaired) electrons. The topological polar surface area (TPSA) is 12.0 Å². The first-order chi connectivity index (χ1) is 6.34. The molecular weight excluding hydrogens is 178 g/mol. The van der Waals surface area contributed by atoms with Crippen LogP contribution in [-0.2, 0) is 0 Å². The summed E-state index contributed by atoms with van der Waals surface area (Å²) in [7, 11) is 0. The number of thioether (sulfide) groups is 1. The van der Waals surface area contributed by atoms with Crippen molar-refractivity contribution in [3.63, 3.8) is 0 Å². The van der Waals surface area contributed by atoms with E-state index in [4.69, 9.17) is 0 Å². The molecule has 0 bridgehead atoms. The van der Waals surface area contributed by atoms with Crippen LogP contribution in [0.3, 0.4) is 0 Å². The lowest BCUT2D eigenvalue weighted by atomic mass is 9.84. The second-order valence-corrected chi connectivity index (χ2v) is 5.12. The molecule has 0 aromatic carbocycles. The molecule has 0 unspecified atom stereocenters. The van der Waals surface area contributed by atoms with Gasteiger partial charge in [0.05, 0.1) is 0 Å². The van der Waals surface area contributed by atoms with E-state index < -0.39 is 0 Å². The van der Waals surface area contributed by atoms with Crippen molar-refractivity contribution < 1.29 is 0 Å². The van der Waals surface area contributed by atoms with E-state index in [1.165, 1.54) is 44.4 Å². The van der Waals surface area contributed by atoms with Crippen LogP contribution in [0.25, 0.3) is 0 Å². The summed E-state index contributed by atoms with van der Waals surface area (Å²) in [4.78, 5) is 0. The van der Waals surface area contributed by atoms with E-state index >= 15 is 0 Å². The molecular formula is C11H23NS. The SMILES string of the molecule is CSCCN[C@@H](C)C1CCCCC1. The monoisotopic (exact) mass is 201 g/mol. The highest BCUT2D eigenvalue weighted by Crippen LogP contribution is 2.26. The highest BCUT2D eigenvalue weighted by atomic mass is 32.2. The molecule has 78 valence electrons. The zero-order valence-corrected chi connectivity index (χ0v) is 9.83. The Morgan fingerprint density at radius 3 is 2.62 bits per heavy atom. The summed E-state index contributed by atoms with van der Waals surface area (Å²) in [5, 5.41) is 3.63. The summed E-state index contributed by atoms with van der Waals surface area (Å²) in [5.41, 5.74) is 0. The smallest absolute Gasteiger partial charge is 0.00673 e. The molecule has 1 aliphatic rings. The molecule has 0 aromatic heterocycles. The molecule has 1 N–H and O–H groups in total. The number of rotatable bonds is 5. The van der Waals surface area contributed by atoms with Gasteiger partial charge in [-0.2, -0.15) is 11.8 Å².